The molecule has 29 heavy (non-hydrogen) atoms. The second kappa shape index (κ2) is 9.32. The third-order valence-electron chi connectivity index (χ3n) is 5.13. The molecular weight excluding hydrogens is 372 g/mol. The van der Waals surface area contributed by atoms with Crippen LogP contribution in [0.1, 0.15) is 23.2 Å². The molecule has 2 amide bonds. The van der Waals surface area contributed by atoms with Gasteiger partial charge in [0.15, 0.2) is 0 Å². The molecule has 0 aromatic heterocycles. The molecule has 1 N–H and O–H groups in total. The minimum absolute atomic E-state index is 0.0442. The van der Waals surface area contributed by atoms with E-state index >= 15 is 0 Å². The first-order chi connectivity index (χ1) is 14.0. The van der Waals surface area contributed by atoms with Gasteiger partial charge in [-0.05, 0) is 43.2 Å². The van der Waals surface area contributed by atoms with Gasteiger partial charge in [-0.1, -0.05) is 6.07 Å². The van der Waals surface area contributed by atoms with Crippen molar-refractivity contribution in [3.8, 4) is 17.2 Å². The van der Waals surface area contributed by atoms with Crippen molar-refractivity contribution < 1.29 is 23.8 Å². The van der Waals surface area contributed by atoms with Gasteiger partial charge in [-0.3, -0.25) is 9.59 Å². The molecule has 0 spiro atoms. The molecule has 3 rings (SSSR count). The third kappa shape index (κ3) is 4.80. The lowest BCUT2D eigenvalue weighted by Gasteiger charge is -2.31. The number of hydrogen-bond donors (Lipinski definition) is 1. The molecule has 1 aliphatic rings. The van der Waals surface area contributed by atoms with E-state index in [9.17, 15) is 9.59 Å². The zero-order chi connectivity index (χ0) is 20.8. The Hall–Kier alpha value is -3.22. The molecule has 0 atom stereocenters. The summed E-state index contributed by atoms with van der Waals surface area (Å²) in [6, 6.07) is 12.4. The van der Waals surface area contributed by atoms with Gasteiger partial charge in [-0.2, -0.15) is 0 Å². The number of carbonyl (C=O) groups excluding carboxylic acids is 2. The minimum atomic E-state index is -0.166. The number of nitrogens with zero attached hydrogens (tertiary/aromatic N) is 1. The van der Waals surface area contributed by atoms with E-state index in [1.807, 2.05) is 0 Å². The lowest BCUT2D eigenvalue weighted by atomic mass is 9.95. The van der Waals surface area contributed by atoms with Crippen LogP contribution < -0.4 is 19.5 Å². The molecule has 1 heterocycles. The summed E-state index contributed by atoms with van der Waals surface area (Å²) in [6.45, 7) is 1.06. The fourth-order valence-corrected chi connectivity index (χ4v) is 3.43. The second-order valence-corrected chi connectivity index (χ2v) is 6.85. The van der Waals surface area contributed by atoms with E-state index in [0.29, 0.717) is 54.4 Å². The van der Waals surface area contributed by atoms with Crippen molar-refractivity contribution in [1.29, 1.82) is 0 Å². The molecule has 2 aromatic carbocycles. The number of methoxy groups -OCH3 is 3. The second-order valence-electron chi connectivity index (χ2n) is 6.85. The number of anilines is 1. The lowest BCUT2D eigenvalue weighted by Crippen LogP contribution is -2.41. The number of ether oxygens (including phenoxy) is 3. The summed E-state index contributed by atoms with van der Waals surface area (Å²) in [4.78, 5) is 27.2. The molecule has 2 aromatic rings. The Labute approximate surface area is 170 Å². The van der Waals surface area contributed by atoms with Crippen molar-refractivity contribution in [3.63, 3.8) is 0 Å². The number of piperidine rings is 1. The number of rotatable bonds is 6. The number of benzene rings is 2. The zero-order valence-electron chi connectivity index (χ0n) is 16.9. The van der Waals surface area contributed by atoms with Crippen LogP contribution in [0.25, 0.3) is 0 Å². The highest BCUT2D eigenvalue weighted by atomic mass is 16.5. The number of likely N-dealkylation sites (tertiary alicyclic amines) is 1. The van der Waals surface area contributed by atoms with Crippen molar-refractivity contribution >= 4 is 17.5 Å². The Balaban J connectivity index is 1.60. The van der Waals surface area contributed by atoms with Gasteiger partial charge in [0.1, 0.15) is 17.2 Å². The maximum atomic E-state index is 12.7. The summed E-state index contributed by atoms with van der Waals surface area (Å²) in [5, 5.41) is 2.93. The van der Waals surface area contributed by atoms with Crippen molar-refractivity contribution in [2.75, 3.05) is 39.7 Å². The van der Waals surface area contributed by atoms with Crippen molar-refractivity contribution in [3.05, 3.63) is 48.0 Å². The molecule has 7 nitrogen and oxygen atoms in total. The first-order valence-corrected chi connectivity index (χ1v) is 9.52. The Morgan fingerprint density at radius 1 is 0.931 bits per heavy atom. The Morgan fingerprint density at radius 2 is 1.62 bits per heavy atom. The fraction of sp³-hybridized carbons (Fsp3) is 0.364. The Bertz CT molecular complexity index is 875. The molecule has 1 aliphatic heterocycles. The standard InChI is InChI=1S/C22H26N2O5/c1-27-17-6-4-5-16(13-17)22(26)24-11-9-15(10-12-24)21(25)23-19-14-18(28-2)7-8-20(19)29-3/h4-8,13-15H,9-12H2,1-3H3,(H,23,25). The monoisotopic (exact) mass is 398 g/mol. The van der Waals surface area contributed by atoms with E-state index in [-0.39, 0.29) is 17.7 Å². The van der Waals surface area contributed by atoms with Gasteiger partial charge in [0, 0.05) is 30.6 Å². The first kappa shape index (κ1) is 20.5. The fourth-order valence-electron chi connectivity index (χ4n) is 3.43. The molecule has 0 aliphatic carbocycles. The van der Waals surface area contributed by atoms with E-state index in [1.54, 1.807) is 68.7 Å². The largest absolute Gasteiger partial charge is 0.497 e. The van der Waals surface area contributed by atoms with Crippen LogP contribution in [0.15, 0.2) is 42.5 Å². The molecule has 154 valence electrons. The molecule has 0 unspecified atom stereocenters. The molecule has 1 fully saturated rings. The molecule has 0 radical (unpaired) electrons. The average molecular weight is 398 g/mol. The summed E-state index contributed by atoms with van der Waals surface area (Å²) in [7, 11) is 4.70. The van der Waals surface area contributed by atoms with Crippen LogP contribution in [0.3, 0.4) is 0 Å². The first-order valence-electron chi connectivity index (χ1n) is 9.52. The maximum absolute atomic E-state index is 12.7. The number of amides is 2. The SMILES string of the molecule is COc1cccc(C(=O)N2CCC(C(=O)Nc3cc(OC)ccc3OC)CC2)c1. The lowest BCUT2D eigenvalue weighted by molar-refractivity contribution is -0.121. The number of hydrogen-bond acceptors (Lipinski definition) is 5. The van der Waals surface area contributed by atoms with Gasteiger partial charge in [0.2, 0.25) is 5.91 Å². The average Bonchev–Trinajstić information content (AvgIpc) is 2.78. The van der Waals surface area contributed by atoms with Crippen LogP contribution >= 0.6 is 0 Å². The van der Waals surface area contributed by atoms with E-state index in [1.165, 1.54) is 0 Å². The third-order valence-corrected chi connectivity index (χ3v) is 5.13. The molecule has 1 saturated heterocycles. The summed E-state index contributed by atoms with van der Waals surface area (Å²) in [5.41, 5.74) is 1.17. The molecule has 0 saturated carbocycles. The van der Waals surface area contributed by atoms with Gasteiger partial charge in [0.25, 0.3) is 5.91 Å². The molecular formula is C22H26N2O5. The van der Waals surface area contributed by atoms with Crippen molar-refractivity contribution in [2.24, 2.45) is 5.92 Å². The van der Waals surface area contributed by atoms with Crippen LogP contribution in [0, 0.1) is 5.92 Å². The number of nitrogens with one attached hydrogen (secondary N) is 1. The molecule has 7 heteroatoms. The Morgan fingerprint density at radius 3 is 2.28 bits per heavy atom. The van der Waals surface area contributed by atoms with E-state index < -0.39 is 0 Å². The summed E-state index contributed by atoms with van der Waals surface area (Å²) in [6.07, 6.45) is 1.21. The predicted molar refractivity (Wildman–Crippen MR) is 110 cm³/mol. The summed E-state index contributed by atoms with van der Waals surface area (Å²) in [5.74, 6) is 1.57. The zero-order valence-corrected chi connectivity index (χ0v) is 16.9. The molecule has 0 bridgehead atoms. The highest BCUT2D eigenvalue weighted by molar-refractivity contribution is 5.96. The maximum Gasteiger partial charge on any atom is 0.253 e. The normalized spacial score (nSPS) is 14.2. The number of carbonyl (C=O) groups is 2. The topological polar surface area (TPSA) is 77.1 Å². The quantitative estimate of drug-likeness (QED) is 0.809. The van der Waals surface area contributed by atoms with Crippen molar-refractivity contribution in [1.82, 2.24) is 4.90 Å². The van der Waals surface area contributed by atoms with E-state index in [2.05, 4.69) is 5.32 Å². The van der Waals surface area contributed by atoms with E-state index in [0.717, 1.165) is 0 Å². The van der Waals surface area contributed by atoms with Crippen LogP contribution in [-0.4, -0.2) is 51.1 Å². The van der Waals surface area contributed by atoms with Gasteiger partial charge >= 0.3 is 0 Å². The van der Waals surface area contributed by atoms with Crippen LogP contribution in [0.2, 0.25) is 0 Å². The van der Waals surface area contributed by atoms with Crippen LogP contribution in [0.4, 0.5) is 5.69 Å². The minimum Gasteiger partial charge on any atom is -0.497 e. The van der Waals surface area contributed by atoms with Crippen molar-refractivity contribution in [2.45, 2.75) is 12.8 Å². The Kier molecular flexibility index (Phi) is 6.59. The highest BCUT2D eigenvalue weighted by Gasteiger charge is 2.28. The summed E-state index contributed by atoms with van der Waals surface area (Å²) >= 11 is 0. The van der Waals surface area contributed by atoms with Crippen LogP contribution in [-0.2, 0) is 4.79 Å². The van der Waals surface area contributed by atoms with E-state index in [4.69, 9.17) is 14.2 Å². The van der Waals surface area contributed by atoms with Gasteiger partial charge in [0.05, 0.1) is 27.0 Å². The van der Waals surface area contributed by atoms with Crippen LogP contribution in [0.5, 0.6) is 17.2 Å². The summed E-state index contributed by atoms with van der Waals surface area (Å²) < 4.78 is 15.7. The van der Waals surface area contributed by atoms with Gasteiger partial charge < -0.3 is 24.4 Å². The van der Waals surface area contributed by atoms with Gasteiger partial charge in [-0.25, -0.2) is 0 Å². The smallest absolute Gasteiger partial charge is 0.253 e. The van der Waals surface area contributed by atoms with Gasteiger partial charge in [-0.15, -0.1) is 0 Å². The predicted octanol–water partition coefficient (Wildman–Crippen LogP) is 3.20. The highest BCUT2D eigenvalue weighted by Crippen LogP contribution is 2.30.